The van der Waals surface area contributed by atoms with Crippen LogP contribution in [0.15, 0.2) is 34.2 Å². The zero-order valence-electron chi connectivity index (χ0n) is 10.5. The first kappa shape index (κ1) is 14.3. The number of rotatable bonds is 5. The zero-order chi connectivity index (χ0) is 13.9. The molecule has 1 aromatic rings. The molecule has 0 amide bonds. The monoisotopic (exact) mass is 302 g/mol. The van der Waals surface area contributed by atoms with Crippen molar-refractivity contribution >= 4 is 27.5 Å². The number of benzene rings is 1. The first-order valence-corrected chi connectivity index (χ1v) is 7.85. The molecule has 19 heavy (non-hydrogen) atoms. The van der Waals surface area contributed by atoms with E-state index in [1.54, 1.807) is 31.4 Å². The molecule has 0 saturated heterocycles. The summed E-state index contributed by atoms with van der Waals surface area (Å²) < 4.78 is 31.4. The van der Waals surface area contributed by atoms with Crippen LogP contribution < -0.4 is 4.72 Å². The summed E-state index contributed by atoms with van der Waals surface area (Å²) in [6, 6.07) is 6.60. The standard InChI is InChI=1S/C12H15ClN2O3S/c1-18-8-9(6-7-13)14-12-10-4-2-3-5-11(10)19(16,17)15-12/h2-5,9H,6-8H2,1H3,(H,14,15). The highest BCUT2D eigenvalue weighted by molar-refractivity contribution is 7.90. The molecule has 1 N–H and O–H groups in total. The van der Waals surface area contributed by atoms with Gasteiger partial charge < -0.3 is 4.74 Å². The molecule has 0 saturated carbocycles. The Bertz CT molecular complexity index is 580. The van der Waals surface area contributed by atoms with E-state index in [0.29, 0.717) is 30.3 Å². The Morgan fingerprint density at radius 1 is 1.42 bits per heavy atom. The van der Waals surface area contributed by atoms with Crippen molar-refractivity contribution in [3.05, 3.63) is 29.8 Å². The van der Waals surface area contributed by atoms with Gasteiger partial charge in [0.25, 0.3) is 10.0 Å². The second kappa shape index (κ2) is 5.90. The van der Waals surface area contributed by atoms with E-state index < -0.39 is 10.0 Å². The number of hydrogen-bond donors (Lipinski definition) is 1. The van der Waals surface area contributed by atoms with Gasteiger partial charge in [-0.05, 0) is 18.6 Å². The topological polar surface area (TPSA) is 67.8 Å². The maximum Gasteiger partial charge on any atom is 0.263 e. The molecule has 1 aliphatic rings. The third kappa shape index (κ3) is 3.08. The van der Waals surface area contributed by atoms with Gasteiger partial charge >= 0.3 is 0 Å². The van der Waals surface area contributed by atoms with Gasteiger partial charge in [-0.25, -0.2) is 8.42 Å². The molecule has 1 atom stereocenters. The van der Waals surface area contributed by atoms with Crippen LogP contribution in [-0.4, -0.2) is 39.9 Å². The Labute approximate surface area is 117 Å². The minimum absolute atomic E-state index is 0.161. The largest absolute Gasteiger partial charge is 0.382 e. The predicted molar refractivity (Wildman–Crippen MR) is 74.3 cm³/mol. The smallest absolute Gasteiger partial charge is 0.263 e. The van der Waals surface area contributed by atoms with Gasteiger partial charge in [0, 0.05) is 18.6 Å². The second-order valence-corrected chi connectivity index (χ2v) is 6.19. The molecule has 1 unspecified atom stereocenters. The van der Waals surface area contributed by atoms with Gasteiger partial charge in [0.15, 0.2) is 0 Å². The number of sulfonamides is 1. The van der Waals surface area contributed by atoms with Gasteiger partial charge in [0.05, 0.1) is 17.5 Å². The zero-order valence-corrected chi connectivity index (χ0v) is 12.0. The van der Waals surface area contributed by atoms with E-state index in [-0.39, 0.29) is 10.9 Å². The molecular weight excluding hydrogens is 288 g/mol. The Morgan fingerprint density at radius 3 is 2.84 bits per heavy atom. The lowest BCUT2D eigenvalue weighted by atomic mass is 10.2. The fourth-order valence-electron chi connectivity index (χ4n) is 1.92. The number of nitrogens with one attached hydrogen (secondary N) is 1. The molecule has 0 aliphatic carbocycles. The number of alkyl halides is 1. The minimum atomic E-state index is -3.48. The summed E-state index contributed by atoms with van der Waals surface area (Å²) in [4.78, 5) is 4.67. The van der Waals surface area contributed by atoms with Gasteiger partial charge in [0.2, 0.25) is 0 Å². The average Bonchev–Trinajstić information content (AvgIpc) is 2.63. The van der Waals surface area contributed by atoms with E-state index in [1.807, 2.05) is 0 Å². The summed E-state index contributed by atoms with van der Waals surface area (Å²) >= 11 is 5.71. The van der Waals surface area contributed by atoms with Gasteiger partial charge in [-0.15, -0.1) is 11.6 Å². The fourth-order valence-corrected chi connectivity index (χ4v) is 3.41. The Hall–Kier alpha value is -1.11. The van der Waals surface area contributed by atoms with E-state index in [0.717, 1.165) is 0 Å². The fraction of sp³-hybridized carbons (Fsp3) is 0.417. The molecule has 0 radical (unpaired) electrons. The van der Waals surface area contributed by atoms with Crippen LogP contribution in [0.4, 0.5) is 0 Å². The molecule has 0 fully saturated rings. The maximum absolute atomic E-state index is 11.9. The molecule has 0 bridgehead atoms. The van der Waals surface area contributed by atoms with Crippen molar-refractivity contribution in [2.75, 3.05) is 19.6 Å². The molecule has 1 heterocycles. The lowest BCUT2D eigenvalue weighted by Crippen LogP contribution is -2.25. The third-order valence-electron chi connectivity index (χ3n) is 2.78. The van der Waals surface area contributed by atoms with E-state index >= 15 is 0 Å². The van der Waals surface area contributed by atoms with Crippen LogP contribution in [0.1, 0.15) is 12.0 Å². The molecule has 104 valence electrons. The van der Waals surface area contributed by atoms with E-state index in [9.17, 15) is 8.42 Å². The van der Waals surface area contributed by atoms with Crippen LogP contribution in [0, 0.1) is 0 Å². The number of amidine groups is 1. The minimum Gasteiger partial charge on any atom is -0.382 e. The number of hydrogen-bond acceptors (Lipinski definition) is 4. The average molecular weight is 303 g/mol. The molecule has 0 aromatic heterocycles. The molecule has 2 rings (SSSR count). The van der Waals surface area contributed by atoms with Crippen LogP contribution in [-0.2, 0) is 14.8 Å². The highest BCUT2D eigenvalue weighted by atomic mass is 35.5. The molecule has 7 heteroatoms. The maximum atomic E-state index is 11.9. The number of aliphatic imine (C=N–C) groups is 1. The Balaban J connectivity index is 2.37. The predicted octanol–water partition coefficient (Wildman–Crippen LogP) is 1.37. The summed E-state index contributed by atoms with van der Waals surface area (Å²) in [5.41, 5.74) is 0.596. The summed E-state index contributed by atoms with van der Waals surface area (Å²) in [6.07, 6.45) is 0.628. The van der Waals surface area contributed by atoms with Crippen LogP contribution in [0.25, 0.3) is 0 Å². The van der Waals surface area contributed by atoms with Crippen LogP contribution >= 0.6 is 11.6 Å². The number of nitrogens with zero attached hydrogens (tertiary/aromatic N) is 1. The lowest BCUT2D eigenvalue weighted by molar-refractivity contribution is 0.179. The number of ether oxygens (including phenoxy) is 1. The van der Waals surface area contributed by atoms with Crippen molar-refractivity contribution in [1.29, 1.82) is 0 Å². The van der Waals surface area contributed by atoms with Crippen molar-refractivity contribution in [2.45, 2.75) is 17.4 Å². The van der Waals surface area contributed by atoms with Crippen molar-refractivity contribution in [3.8, 4) is 0 Å². The third-order valence-corrected chi connectivity index (χ3v) is 4.39. The van der Waals surface area contributed by atoms with Crippen LogP contribution in [0.5, 0.6) is 0 Å². The first-order valence-electron chi connectivity index (χ1n) is 5.83. The Kier molecular flexibility index (Phi) is 4.44. The highest BCUT2D eigenvalue weighted by Gasteiger charge is 2.30. The Morgan fingerprint density at radius 2 is 2.16 bits per heavy atom. The second-order valence-electron chi connectivity index (χ2n) is 4.17. The summed E-state index contributed by atoms with van der Waals surface area (Å²) in [5.74, 6) is 0.807. The quantitative estimate of drug-likeness (QED) is 0.835. The van der Waals surface area contributed by atoms with E-state index in [1.165, 1.54) is 0 Å². The molecule has 1 aliphatic heterocycles. The van der Waals surface area contributed by atoms with Crippen molar-refractivity contribution in [2.24, 2.45) is 4.99 Å². The molecule has 1 aromatic carbocycles. The summed E-state index contributed by atoms with van der Waals surface area (Å²) in [5, 5.41) is 0. The summed E-state index contributed by atoms with van der Waals surface area (Å²) in [6.45, 7) is 0.403. The van der Waals surface area contributed by atoms with E-state index in [4.69, 9.17) is 16.3 Å². The molecule has 5 nitrogen and oxygen atoms in total. The van der Waals surface area contributed by atoms with E-state index in [2.05, 4.69) is 9.71 Å². The molecule has 0 spiro atoms. The van der Waals surface area contributed by atoms with Gasteiger partial charge in [-0.1, -0.05) is 12.1 Å². The normalized spacial score (nSPS) is 20.0. The van der Waals surface area contributed by atoms with Crippen molar-refractivity contribution < 1.29 is 13.2 Å². The van der Waals surface area contributed by atoms with Crippen LogP contribution in [0.2, 0.25) is 0 Å². The highest BCUT2D eigenvalue weighted by Crippen LogP contribution is 2.22. The lowest BCUT2D eigenvalue weighted by Gasteiger charge is -2.10. The van der Waals surface area contributed by atoms with Gasteiger partial charge in [-0.3, -0.25) is 9.71 Å². The summed E-state index contributed by atoms with van der Waals surface area (Å²) in [7, 11) is -1.91. The van der Waals surface area contributed by atoms with Gasteiger partial charge in [-0.2, -0.15) is 0 Å². The number of fused-ring (bicyclic) bond motifs is 1. The molecular formula is C12H15ClN2O3S. The first-order chi connectivity index (χ1) is 9.08. The number of methoxy groups -OCH3 is 1. The van der Waals surface area contributed by atoms with Crippen LogP contribution in [0.3, 0.4) is 0 Å². The van der Waals surface area contributed by atoms with Gasteiger partial charge in [0.1, 0.15) is 5.84 Å². The van der Waals surface area contributed by atoms with Crippen molar-refractivity contribution in [1.82, 2.24) is 4.72 Å². The number of halogens is 1. The van der Waals surface area contributed by atoms with Crippen molar-refractivity contribution in [3.63, 3.8) is 0 Å². The SMILES string of the molecule is COCC(CCCl)N=C1NS(=O)(=O)c2ccccc21.